The second-order valence-corrected chi connectivity index (χ2v) is 10.3. The molecular weight excluding hydrogens is 571 g/mol. The third-order valence-corrected chi connectivity index (χ3v) is 7.76. The second-order valence-electron chi connectivity index (χ2n) is 10.3. The smallest absolute Gasteiger partial charge is 0.156 e. The van der Waals surface area contributed by atoms with Gasteiger partial charge in [-0.05, 0) is 65.6 Å². The van der Waals surface area contributed by atoms with Crippen molar-refractivity contribution in [2.45, 2.75) is 25.4 Å². The van der Waals surface area contributed by atoms with Crippen LogP contribution in [0, 0.1) is 0 Å². The van der Waals surface area contributed by atoms with Gasteiger partial charge in [-0.25, -0.2) is 0 Å². The van der Waals surface area contributed by atoms with Crippen molar-refractivity contribution >= 4 is 52.2 Å². The Hall–Kier alpha value is -3.78. The maximum absolute atomic E-state index is 5.56. The molecule has 0 spiro atoms. The van der Waals surface area contributed by atoms with Gasteiger partial charge in [0.15, 0.2) is 5.82 Å². The first-order valence-corrected chi connectivity index (χ1v) is 13.7. The van der Waals surface area contributed by atoms with Crippen molar-refractivity contribution in [2.24, 2.45) is 0 Å². The molecule has 1 N–H and O–H groups in total. The van der Waals surface area contributed by atoms with Gasteiger partial charge in [0.2, 0.25) is 0 Å². The average molecular weight is 608 g/mol. The van der Waals surface area contributed by atoms with E-state index < -0.39 is 0 Å². The zero-order valence-electron chi connectivity index (χ0n) is 24.0. The molecule has 2 heterocycles. The van der Waals surface area contributed by atoms with Crippen LogP contribution in [-0.2, 0) is 6.54 Å². The van der Waals surface area contributed by atoms with Gasteiger partial charge in [-0.1, -0.05) is 36.4 Å². The van der Waals surface area contributed by atoms with Crippen LogP contribution in [0.4, 0.5) is 5.82 Å². The zero-order chi connectivity index (χ0) is 27.5. The van der Waals surface area contributed by atoms with Crippen LogP contribution < -0.4 is 19.5 Å². The number of hydrogen-bond acceptors (Lipinski definition) is 7. The molecule has 1 aromatic heterocycles. The Morgan fingerprint density at radius 3 is 2.10 bits per heavy atom. The predicted molar refractivity (Wildman–Crippen MR) is 175 cm³/mol. The summed E-state index contributed by atoms with van der Waals surface area (Å²) in [6.45, 7) is 3.03. The molecule has 42 heavy (non-hydrogen) atoms. The van der Waals surface area contributed by atoms with Crippen molar-refractivity contribution in [1.29, 1.82) is 0 Å². The van der Waals surface area contributed by atoms with E-state index in [1.165, 1.54) is 16.3 Å². The van der Waals surface area contributed by atoms with Gasteiger partial charge in [0.25, 0.3) is 0 Å². The van der Waals surface area contributed by atoms with Crippen LogP contribution >= 0.6 is 24.8 Å². The van der Waals surface area contributed by atoms with Crippen LogP contribution in [-0.4, -0.2) is 55.6 Å². The number of nitrogens with one attached hydrogen (secondary N) is 1. The first-order valence-electron chi connectivity index (χ1n) is 13.7. The Morgan fingerprint density at radius 2 is 1.40 bits per heavy atom. The number of halogens is 2. The highest BCUT2D eigenvalue weighted by Crippen LogP contribution is 2.36. The minimum Gasteiger partial charge on any atom is -0.497 e. The fourth-order valence-corrected chi connectivity index (χ4v) is 5.55. The van der Waals surface area contributed by atoms with E-state index in [4.69, 9.17) is 14.2 Å². The fraction of sp³-hybridized carbons (Fsp3) is 0.273. The van der Waals surface area contributed by atoms with Gasteiger partial charge >= 0.3 is 0 Å². The minimum atomic E-state index is 0. The third kappa shape index (κ3) is 6.65. The molecular formula is C33H36Cl2N4O3. The van der Waals surface area contributed by atoms with Crippen LogP contribution in [0.2, 0.25) is 0 Å². The SMILES string of the molecule is COc1cc(OC)cc(-c2nnc(NC3CCN(Cc4ccc5ccccc5c4)CC3)c3cc(OC)ccc23)c1.Cl.Cl. The molecule has 0 bridgehead atoms. The van der Waals surface area contributed by atoms with E-state index in [0.29, 0.717) is 17.5 Å². The first kappa shape index (κ1) is 31.2. The molecule has 1 aliphatic heterocycles. The molecule has 7 nitrogen and oxygen atoms in total. The summed E-state index contributed by atoms with van der Waals surface area (Å²) in [6, 6.07) is 27.4. The second kappa shape index (κ2) is 13.9. The number of nitrogens with zero attached hydrogens (tertiary/aromatic N) is 3. The van der Waals surface area contributed by atoms with Gasteiger partial charge in [-0.3, -0.25) is 4.90 Å². The lowest BCUT2D eigenvalue weighted by molar-refractivity contribution is 0.211. The lowest BCUT2D eigenvalue weighted by atomic mass is 10.0. The number of methoxy groups -OCH3 is 3. The molecule has 1 aliphatic rings. The number of piperidine rings is 1. The number of anilines is 1. The average Bonchev–Trinajstić information content (AvgIpc) is 3.01. The number of likely N-dealkylation sites (tertiary alicyclic amines) is 1. The van der Waals surface area contributed by atoms with E-state index in [1.807, 2.05) is 36.4 Å². The Balaban J connectivity index is 0.00000202. The molecule has 0 amide bonds. The van der Waals surface area contributed by atoms with Gasteiger partial charge in [0.05, 0.1) is 21.3 Å². The van der Waals surface area contributed by atoms with Crippen molar-refractivity contribution in [1.82, 2.24) is 15.1 Å². The largest absolute Gasteiger partial charge is 0.497 e. The summed E-state index contributed by atoms with van der Waals surface area (Å²) in [6.07, 6.45) is 2.07. The number of fused-ring (bicyclic) bond motifs is 2. The summed E-state index contributed by atoms with van der Waals surface area (Å²) in [4.78, 5) is 2.54. The number of hydrogen-bond donors (Lipinski definition) is 1. The van der Waals surface area contributed by atoms with Crippen molar-refractivity contribution in [2.75, 3.05) is 39.7 Å². The van der Waals surface area contributed by atoms with Crippen molar-refractivity contribution < 1.29 is 14.2 Å². The molecule has 0 radical (unpaired) electrons. The lowest BCUT2D eigenvalue weighted by Crippen LogP contribution is -2.38. The summed E-state index contributed by atoms with van der Waals surface area (Å²) in [5.74, 6) is 2.97. The molecule has 9 heteroatoms. The van der Waals surface area contributed by atoms with Crippen LogP contribution in [0.25, 0.3) is 32.8 Å². The molecule has 4 aromatic carbocycles. The van der Waals surface area contributed by atoms with Crippen LogP contribution in [0.15, 0.2) is 78.9 Å². The molecule has 0 atom stereocenters. The van der Waals surface area contributed by atoms with E-state index in [9.17, 15) is 0 Å². The molecule has 1 saturated heterocycles. The third-order valence-electron chi connectivity index (χ3n) is 7.76. The standard InChI is InChI=1S/C33H34N4O3.2ClH/c1-38-27-10-11-30-31(20-27)33(36-35-32(30)25-17-28(39-2)19-29(18-25)40-3)34-26-12-14-37(15-13-26)21-22-8-9-23-6-4-5-7-24(23)16-22;;/h4-11,16-20,26H,12-15,21H2,1-3H3,(H,34,36);2*1H. The first-order chi connectivity index (χ1) is 19.6. The Kier molecular flexibility index (Phi) is 10.3. The number of aromatic nitrogens is 2. The molecule has 5 aromatic rings. The van der Waals surface area contributed by atoms with Crippen molar-refractivity contribution in [3.8, 4) is 28.5 Å². The summed E-state index contributed by atoms with van der Waals surface area (Å²) in [5, 5.41) is 17.6. The summed E-state index contributed by atoms with van der Waals surface area (Å²) in [7, 11) is 4.97. The maximum Gasteiger partial charge on any atom is 0.156 e. The Bertz CT molecular complexity index is 1640. The highest BCUT2D eigenvalue weighted by Gasteiger charge is 2.22. The van der Waals surface area contributed by atoms with Gasteiger partial charge in [0.1, 0.15) is 22.9 Å². The van der Waals surface area contributed by atoms with Crippen LogP contribution in [0.1, 0.15) is 18.4 Å². The maximum atomic E-state index is 5.56. The monoisotopic (exact) mass is 606 g/mol. The van der Waals surface area contributed by atoms with Crippen LogP contribution in [0.5, 0.6) is 17.2 Å². The van der Waals surface area contributed by atoms with E-state index in [-0.39, 0.29) is 24.8 Å². The summed E-state index contributed by atoms with van der Waals surface area (Å²) >= 11 is 0. The lowest BCUT2D eigenvalue weighted by Gasteiger charge is -2.32. The molecule has 6 rings (SSSR count). The van der Waals surface area contributed by atoms with E-state index in [1.54, 1.807) is 21.3 Å². The van der Waals surface area contributed by atoms with Gasteiger partial charge in [0, 0.05) is 48.1 Å². The number of ether oxygens (including phenoxy) is 3. The molecule has 0 aliphatic carbocycles. The molecule has 1 fully saturated rings. The molecule has 0 unspecified atom stereocenters. The topological polar surface area (TPSA) is 68.7 Å². The van der Waals surface area contributed by atoms with Crippen molar-refractivity contribution in [3.05, 3.63) is 84.4 Å². The van der Waals surface area contributed by atoms with Crippen LogP contribution in [0.3, 0.4) is 0 Å². The summed E-state index contributed by atoms with van der Waals surface area (Å²) in [5.41, 5.74) is 3.01. The quantitative estimate of drug-likeness (QED) is 0.197. The van der Waals surface area contributed by atoms with Gasteiger partial charge in [-0.2, -0.15) is 0 Å². The minimum absolute atomic E-state index is 0. The number of rotatable bonds is 8. The summed E-state index contributed by atoms with van der Waals surface area (Å²) < 4.78 is 16.5. The molecule has 0 saturated carbocycles. The van der Waals surface area contributed by atoms with Gasteiger partial charge in [-0.15, -0.1) is 35.0 Å². The fourth-order valence-electron chi connectivity index (χ4n) is 5.55. The normalized spacial score (nSPS) is 13.7. The molecule has 220 valence electrons. The van der Waals surface area contributed by atoms with E-state index in [2.05, 4.69) is 62.9 Å². The van der Waals surface area contributed by atoms with E-state index in [0.717, 1.165) is 66.1 Å². The number of benzene rings is 4. The zero-order valence-corrected chi connectivity index (χ0v) is 25.6. The van der Waals surface area contributed by atoms with Gasteiger partial charge < -0.3 is 19.5 Å². The predicted octanol–water partition coefficient (Wildman–Crippen LogP) is 7.40. The highest BCUT2D eigenvalue weighted by molar-refractivity contribution is 6.01. The Morgan fingerprint density at radius 1 is 0.714 bits per heavy atom. The Labute approximate surface area is 259 Å². The van der Waals surface area contributed by atoms with E-state index >= 15 is 0 Å². The van der Waals surface area contributed by atoms with Crippen molar-refractivity contribution in [3.63, 3.8) is 0 Å². The highest BCUT2D eigenvalue weighted by atomic mass is 35.5.